The third kappa shape index (κ3) is 5.30. The molecule has 1 unspecified atom stereocenters. The molecular formula is C10H20N2O5S. The first-order chi connectivity index (χ1) is 8.42. The van der Waals surface area contributed by atoms with Crippen LogP contribution in [0.1, 0.15) is 19.8 Å². The van der Waals surface area contributed by atoms with Gasteiger partial charge in [0.15, 0.2) is 0 Å². The van der Waals surface area contributed by atoms with Crippen LogP contribution in [0, 0.1) is 5.92 Å². The number of hydrogen-bond donors (Lipinski definition) is 2. The first kappa shape index (κ1) is 15.4. The van der Waals surface area contributed by atoms with Crippen molar-refractivity contribution in [3.8, 4) is 0 Å². The van der Waals surface area contributed by atoms with Crippen LogP contribution in [0.3, 0.4) is 0 Å². The quantitative estimate of drug-likeness (QED) is 0.665. The Labute approximate surface area is 107 Å². The fraction of sp³-hybridized carbons (Fsp3) is 0.900. The third-order valence-electron chi connectivity index (χ3n) is 2.78. The molecule has 0 aromatic heterocycles. The summed E-state index contributed by atoms with van der Waals surface area (Å²) in [4.78, 5) is 10.4. The maximum atomic E-state index is 11.9. The molecule has 1 saturated heterocycles. The van der Waals surface area contributed by atoms with Crippen LogP contribution in [0.15, 0.2) is 0 Å². The van der Waals surface area contributed by atoms with E-state index >= 15 is 0 Å². The Morgan fingerprint density at radius 3 is 2.61 bits per heavy atom. The van der Waals surface area contributed by atoms with E-state index in [0.717, 1.165) is 0 Å². The molecule has 1 fully saturated rings. The molecule has 2 N–H and O–H groups in total. The molecule has 106 valence electrons. The Morgan fingerprint density at radius 1 is 1.44 bits per heavy atom. The number of morpholine rings is 1. The molecule has 1 rings (SSSR count). The number of nitrogens with zero attached hydrogens (tertiary/aromatic N) is 1. The molecular weight excluding hydrogens is 260 g/mol. The first-order valence-corrected chi connectivity index (χ1v) is 7.40. The van der Waals surface area contributed by atoms with Crippen molar-refractivity contribution < 1.29 is 23.1 Å². The van der Waals surface area contributed by atoms with Gasteiger partial charge < -0.3 is 9.84 Å². The molecule has 1 aliphatic rings. The van der Waals surface area contributed by atoms with Gasteiger partial charge in [0.25, 0.3) is 10.2 Å². The van der Waals surface area contributed by atoms with Crippen molar-refractivity contribution in [2.24, 2.45) is 5.92 Å². The van der Waals surface area contributed by atoms with Gasteiger partial charge in [-0.2, -0.15) is 12.7 Å². The van der Waals surface area contributed by atoms with E-state index in [9.17, 15) is 13.2 Å². The minimum absolute atomic E-state index is 0.00286. The summed E-state index contributed by atoms with van der Waals surface area (Å²) < 4.78 is 32.7. The number of rotatable bonds is 7. The lowest BCUT2D eigenvalue weighted by molar-refractivity contribution is -0.137. The van der Waals surface area contributed by atoms with Gasteiger partial charge >= 0.3 is 5.97 Å². The smallest absolute Gasteiger partial charge is 0.303 e. The van der Waals surface area contributed by atoms with Crippen molar-refractivity contribution in [3.05, 3.63) is 0 Å². The molecule has 0 spiro atoms. The molecule has 7 nitrogen and oxygen atoms in total. The number of carboxylic acid groups (broad SMARTS) is 1. The fourth-order valence-electron chi connectivity index (χ4n) is 1.60. The van der Waals surface area contributed by atoms with Gasteiger partial charge in [0.05, 0.1) is 13.2 Å². The summed E-state index contributed by atoms with van der Waals surface area (Å²) in [6.45, 7) is 3.63. The van der Waals surface area contributed by atoms with Crippen molar-refractivity contribution in [1.82, 2.24) is 9.03 Å². The van der Waals surface area contributed by atoms with Crippen LogP contribution < -0.4 is 4.72 Å². The Kier molecular flexibility index (Phi) is 6.00. The van der Waals surface area contributed by atoms with Crippen LogP contribution in [-0.4, -0.2) is 56.6 Å². The van der Waals surface area contributed by atoms with Crippen molar-refractivity contribution in [1.29, 1.82) is 0 Å². The van der Waals surface area contributed by atoms with Crippen LogP contribution in [-0.2, 0) is 19.7 Å². The minimum Gasteiger partial charge on any atom is -0.481 e. The molecule has 1 heterocycles. The van der Waals surface area contributed by atoms with E-state index < -0.39 is 16.2 Å². The highest BCUT2D eigenvalue weighted by molar-refractivity contribution is 7.87. The second-order valence-electron chi connectivity index (χ2n) is 4.40. The SMILES string of the molecule is CC(CCC(=O)O)CNS(=O)(=O)N1CCOCC1. The Balaban J connectivity index is 2.34. The molecule has 0 bridgehead atoms. The first-order valence-electron chi connectivity index (χ1n) is 5.96. The van der Waals surface area contributed by atoms with E-state index in [0.29, 0.717) is 32.7 Å². The van der Waals surface area contributed by atoms with Crippen molar-refractivity contribution in [2.75, 3.05) is 32.8 Å². The normalized spacial score (nSPS) is 19.6. The van der Waals surface area contributed by atoms with Crippen molar-refractivity contribution >= 4 is 16.2 Å². The number of hydrogen-bond acceptors (Lipinski definition) is 4. The Hall–Kier alpha value is -0.700. The van der Waals surface area contributed by atoms with Gasteiger partial charge in [0.1, 0.15) is 0 Å². The zero-order valence-corrected chi connectivity index (χ0v) is 11.3. The predicted molar refractivity (Wildman–Crippen MR) is 65.3 cm³/mol. The second-order valence-corrected chi connectivity index (χ2v) is 6.16. The average molecular weight is 280 g/mol. The lowest BCUT2D eigenvalue weighted by atomic mass is 10.1. The zero-order chi connectivity index (χ0) is 13.6. The summed E-state index contributed by atoms with van der Waals surface area (Å²) in [6.07, 6.45) is 0.515. The van der Waals surface area contributed by atoms with E-state index in [1.165, 1.54) is 4.31 Å². The monoisotopic (exact) mass is 280 g/mol. The van der Waals surface area contributed by atoms with Crippen LogP contribution >= 0.6 is 0 Å². The molecule has 0 aliphatic carbocycles. The van der Waals surface area contributed by atoms with Crippen LogP contribution in [0.4, 0.5) is 0 Å². The number of carboxylic acids is 1. The van der Waals surface area contributed by atoms with Gasteiger partial charge in [-0.1, -0.05) is 6.92 Å². The van der Waals surface area contributed by atoms with Crippen LogP contribution in [0.5, 0.6) is 0 Å². The molecule has 18 heavy (non-hydrogen) atoms. The van der Waals surface area contributed by atoms with Gasteiger partial charge in [-0.05, 0) is 12.3 Å². The van der Waals surface area contributed by atoms with Crippen LogP contribution in [0.2, 0.25) is 0 Å². The summed E-state index contributed by atoms with van der Waals surface area (Å²) in [5, 5.41) is 8.53. The number of carbonyl (C=O) groups is 1. The van der Waals surface area contributed by atoms with Gasteiger partial charge in [-0.3, -0.25) is 4.79 Å². The van der Waals surface area contributed by atoms with E-state index in [4.69, 9.17) is 9.84 Å². The number of ether oxygens (including phenoxy) is 1. The maximum Gasteiger partial charge on any atom is 0.303 e. The largest absolute Gasteiger partial charge is 0.481 e. The molecule has 8 heteroatoms. The number of aliphatic carboxylic acids is 1. The molecule has 1 aliphatic heterocycles. The highest BCUT2D eigenvalue weighted by Crippen LogP contribution is 2.07. The molecule has 0 aromatic carbocycles. The van der Waals surface area contributed by atoms with Gasteiger partial charge in [-0.15, -0.1) is 0 Å². The molecule has 1 atom stereocenters. The average Bonchev–Trinajstić information content (AvgIpc) is 2.35. The molecule has 0 radical (unpaired) electrons. The summed E-state index contributed by atoms with van der Waals surface area (Å²) in [6, 6.07) is 0. The number of nitrogens with one attached hydrogen (secondary N) is 1. The summed E-state index contributed by atoms with van der Waals surface area (Å²) in [5.41, 5.74) is 0. The topological polar surface area (TPSA) is 95.9 Å². The lowest BCUT2D eigenvalue weighted by Crippen LogP contribution is -2.47. The Bertz CT molecular complexity index is 364. The van der Waals surface area contributed by atoms with Gasteiger partial charge in [0.2, 0.25) is 0 Å². The summed E-state index contributed by atoms with van der Waals surface area (Å²) >= 11 is 0. The van der Waals surface area contributed by atoms with E-state index in [2.05, 4.69) is 4.72 Å². The highest BCUT2D eigenvalue weighted by atomic mass is 32.2. The van der Waals surface area contributed by atoms with Crippen molar-refractivity contribution in [3.63, 3.8) is 0 Å². The van der Waals surface area contributed by atoms with Crippen LogP contribution in [0.25, 0.3) is 0 Å². The summed E-state index contributed by atoms with van der Waals surface area (Å²) in [7, 11) is -3.46. The third-order valence-corrected chi connectivity index (χ3v) is 4.35. The molecule has 0 aromatic rings. The standard InChI is InChI=1S/C10H20N2O5S/c1-9(2-3-10(13)14)8-11-18(15,16)12-4-6-17-7-5-12/h9,11H,2-8H2,1H3,(H,13,14). The highest BCUT2D eigenvalue weighted by Gasteiger charge is 2.24. The fourth-order valence-corrected chi connectivity index (χ4v) is 2.91. The molecule has 0 saturated carbocycles. The maximum absolute atomic E-state index is 11.9. The van der Waals surface area contributed by atoms with Crippen molar-refractivity contribution in [2.45, 2.75) is 19.8 Å². The van der Waals surface area contributed by atoms with Gasteiger partial charge in [0, 0.05) is 26.1 Å². The molecule has 0 amide bonds. The van der Waals surface area contributed by atoms with E-state index in [1.54, 1.807) is 0 Å². The predicted octanol–water partition coefficient (Wildman–Crippen LogP) is -0.346. The summed E-state index contributed by atoms with van der Waals surface area (Å²) in [5.74, 6) is -0.866. The minimum atomic E-state index is -3.46. The van der Waals surface area contributed by atoms with E-state index in [1.807, 2.05) is 6.92 Å². The Morgan fingerprint density at radius 2 is 2.06 bits per heavy atom. The van der Waals surface area contributed by atoms with E-state index in [-0.39, 0.29) is 18.9 Å². The lowest BCUT2D eigenvalue weighted by Gasteiger charge is -2.26. The van der Waals surface area contributed by atoms with Gasteiger partial charge in [-0.25, -0.2) is 4.72 Å². The second kappa shape index (κ2) is 7.03. The zero-order valence-electron chi connectivity index (χ0n) is 10.5.